The molecule has 19 heavy (non-hydrogen) atoms. The minimum atomic E-state index is -0.0408. The third-order valence-electron chi connectivity index (χ3n) is 2.92. The van der Waals surface area contributed by atoms with E-state index in [0.29, 0.717) is 6.42 Å². The number of nitrogens with zero attached hydrogens (tertiary/aromatic N) is 1. The number of hydrogen-bond donors (Lipinski definition) is 2. The molecular weight excluding hydrogens is 238 g/mol. The van der Waals surface area contributed by atoms with Crippen LogP contribution in [0.3, 0.4) is 0 Å². The van der Waals surface area contributed by atoms with E-state index in [9.17, 15) is 4.79 Å². The van der Waals surface area contributed by atoms with Gasteiger partial charge in [0.15, 0.2) is 0 Å². The van der Waals surface area contributed by atoms with Crippen LogP contribution in [-0.2, 0) is 16.6 Å². The second-order valence-corrected chi connectivity index (χ2v) is 5.60. The van der Waals surface area contributed by atoms with Crippen LogP contribution in [0.2, 0.25) is 0 Å². The predicted octanol–water partition coefficient (Wildman–Crippen LogP) is 2.89. The highest BCUT2D eigenvalue weighted by atomic mass is 16.1. The maximum absolute atomic E-state index is 12.0. The van der Waals surface area contributed by atoms with Crippen molar-refractivity contribution in [2.45, 2.75) is 32.6 Å². The summed E-state index contributed by atoms with van der Waals surface area (Å²) in [6.07, 6.45) is 1.95. The van der Waals surface area contributed by atoms with Gasteiger partial charge >= 0.3 is 0 Å². The molecule has 0 spiro atoms. The molecule has 1 aromatic heterocycles. The van der Waals surface area contributed by atoms with Crippen molar-refractivity contribution in [3.05, 3.63) is 47.8 Å². The van der Waals surface area contributed by atoms with Crippen LogP contribution in [0.4, 0.5) is 5.69 Å². The molecule has 2 aromatic rings. The summed E-state index contributed by atoms with van der Waals surface area (Å²) in [4.78, 5) is 12.0. The summed E-state index contributed by atoms with van der Waals surface area (Å²) in [5.41, 5.74) is 2.82. The number of H-pyrrole nitrogens is 1. The molecule has 1 heterocycles. The molecule has 0 aliphatic rings. The van der Waals surface area contributed by atoms with Gasteiger partial charge in [-0.25, -0.2) is 0 Å². The number of hydrogen-bond acceptors (Lipinski definition) is 2. The van der Waals surface area contributed by atoms with Crippen molar-refractivity contribution in [2.75, 3.05) is 5.32 Å². The summed E-state index contributed by atoms with van der Waals surface area (Å²) in [5.74, 6) is -0.0408. The quantitative estimate of drug-likeness (QED) is 0.888. The Kier molecular flexibility index (Phi) is 3.69. The number of aromatic amines is 1. The topological polar surface area (TPSA) is 57.8 Å². The second kappa shape index (κ2) is 5.26. The van der Waals surface area contributed by atoms with Gasteiger partial charge in [-0.15, -0.1) is 0 Å². The molecule has 0 saturated heterocycles. The number of nitrogens with one attached hydrogen (secondary N) is 2. The average Bonchev–Trinajstić information content (AvgIpc) is 2.81. The van der Waals surface area contributed by atoms with Gasteiger partial charge in [-0.3, -0.25) is 9.89 Å². The fourth-order valence-corrected chi connectivity index (χ4v) is 2.00. The van der Waals surface area contributed by atoms with Crippen LogP contribution in [0.1, 0.15) is 32.0 Å². The first-order chi connectivity index (χ1) is 8.97. The average molecular weight is 257 g/mol. The monoisotopic (exact) mass is 257 g/mol. The molecule has 1 amide bonds. The molecule has 4 nitrogen and oxygen atoms in total. The van der Waals surface area contributed by atoms with Crippen molar-refractivity contribution >= 4 is 11.6 Å². The first kappa shape index (κ1) is 13.3. The lowest BCUT2D eigenvalue weighted by Gasteiger charge is -2.22. The number of para-hydroxylation sites is 1. The third-order valence-corrected chi connectivity index (χ3v) is 2.92. The SMILES string of the molecule is CC(C)(C)c1ccccc1NC(=O)Cc1ccn[nH]1. The molecule has 0 bridgehead atoms. The number of aromatic nitrogens is 2. The van der Waals surface area contributed by atoms with Crippen molar-refractivity contribution < 1.29 is 4.79 Å². The summed E-state index contributed by atoms with van der Waals surface area (Å²) < 4.78 is 0. The second-order valence-electron chi connectivity index (χ2n) is 5.60. The van der Waals surface area contributed by atoms with Gasteiger partial charge in [-0.2, -0.15) is 5.10 Å². The van der Waals surface area contributed by atoms with Gasteiger partial charge in [0.1, 0.15) is 0 Å². The smallest absolute Gasteiger partial charge is 0.230 e. The Hall–Kier alpha value is -2.10. The predicted molar refractivity (Wildman–Crippen MR) is 76.1 cm³/mol. The molecule has 0 fully saturated rings. The van der Waals surface area contributed by atoms with Crippen molar-refractivity contribution in [1.82, 2.24) is 10.2 Å². The molecule has 100 valence electrons. The number of benzene rings is 1. The maximum atomic E-state index is 12.0. The highest BCUT2D eigenvalue weighted by Crippen LogP contribution is 2.29. The summed E-state index contributed by atoms with van der Waals surface area (Å²) in [5, 5.41) is 9.59. The van der Waals surface area contributed by atoms with E-state index in [-0.39, 0.29) is 11.3 Å². The Labute approximate surface area is 113 Å². The van der Waals surface area contributed by atoms with E-state index in [1.165, 1.54) is 0 Å². The Morgan fingerprint density at radius 3 is 2.63 bits per heavy atom. The third kappa shape index (κ3) is 3.44. The molecule has 0 radical (unpaired) electrons. The van der Waals surface area contributed by atoms with Crippen LogP contribution < -0.4 is 5.32 Å². The molecule has 0 aliphatic heterocycles. The number of rotatable bonds is 3. The van der Waals surface area contributed by atoms with E-state index in [1.54, 1.807) is 12.3 Å². The largest absolute Gasteiger partial charge is 0.325 e. The fraction of sp³-hybridized carbons (Fsp3) is 0.333. The van der Waals surface area contributed by atoms with Crippen LogP contribution in [-0.4, -0.2) is 16.1 Å². The molecule has 0 aliphatic carbocycles. The molecule has 0 saturated carbocycles. The van der Waals surface area contributed by atoms with E-state index < -0.39 is 0 Å². The molecule has 2 N–H and O–H groups in total. The summed E-state index contributed by atoms with van der Waals surface area (Å²) in [7, 11) is 0. The first-order valence-electron chi connectivity index (χ1n) is 6.34. The first-order valence-corrected chi connectivity index (χ1v) is 6.34. The zero-order valence-electron chi connectivity index (χ0n) is 11.5. The van der Waals surface area contributed by atoms with Gasteiger partial charge in [0.25, 0.3) is 0 Å². The van der Waals surface area contributed by atoms with Gasteiger partial charge in [0, 0.05) is 17.6 Å². The molecule has 1 aromatic carbocycles. The Balaban J connectivity index is 2.13. The number of carbonyl (C=O) groups excluding carboxylic acids is 1. The zero-order valence-corrected chi connectivity index (χ0v) is 11.5. The van der Waals surface area contributed by atoms with Crippen LogP contribution in [0, 0.1) is 0 Å². The maximum Gasteiger partial charge on any atom is 0.230 e. The normalized spacial score (nSPS) is 11.3. The van der Waals surface area contributed by atoms with Gasteiger partial charge in [-0.05, 0) is 23.1 Å². The standard InChI is InChI=1S/C15H19N3O/c1-15(2,3)12-6-4-5-7-13(12)17-14(19)10-11-8-9-16-18-11/h4-9H,10H2,1-3H3,(H,16,18)(H,17,19). The molecule has 2 rings (SSSR count). The molecule has 4 heteroatoms. The highest BCUT2D eigenvalue weighted by molar-refractivity contribution is 5.92. The minimum Gasteiger partial charge on any atom is -0.325 e. The van der Waals surface area contributed by atoms with Crippen molar-refractivity contribution in [2.24, 2.45) is 0 Å². The number of amides is 1. The molecule has 0 atom stereocenters. The van der Waals surface area contributed by atoms with E-state index in [1.807, 2.05) is 24.3 Å². The van der Waals surface area contributed by atoms with E-state index in [2.05, 4.69) is 36.3 Å². The lowest BCUT2D eigenvalue weighted by molar-refractivity contribution is -0.115. The van der Waals surface area contributed by atoms with Crippen LogP contribution in [0.25, 0.3) is 0 Å². The zero-order chi connectivity index (χ0) is 13.9. The lowest BCUT2D eigenvalue weighted by atomic mass is 9.86. The van der Waals surface area contributed by atoms with E-state index >= 15 is 0 Å². The van der Waals surface area contributed by atoms with Crippen LogP contribution in [0.15, 0.2) is 36.5 Å². The van der Waals surface area contributed by atoms with Gasteiger partial charge < -0.3 is 5.32 Å². The number of anilines is 1. The summed E-state index contributed by atoms with van der Waals surface area (Å²) >= 11 is 0. The molecule has 0 unspecified atom stereocenters. The Bertz CT molecular complexity index is 553. The van der Waals surface area contributed by atoms with Crippen molar-refractivity contribution in [3.63, 3.8) is 0 Å². The summed E-state index contributed by atoms with van der Waals surface area (Å²) in [6.45, 7) is 6.40. The number of carbonyl (C=O) groups is 1. The van der Waals surface area contributed by atoms with Gasteiger partial charge in [0.05, 0.1) is 6.42 Å². The van der Waals surface area contributed by atoms with E-state index in [0.717, 1.165) is 16.9 Å². The van der Waals surface area contributed by atoms with E-state index in [4.69, 9.17) is 0 Å². The van der Waals surface area contributed by atoms with Crippen molar-refractivity contribution in [3.8, 4) is 0 Å². The van der Waals surface area contributed by atoms with Crippen LogP contribution in [0.5, 0.6) is 0 Å². The lowest BCUT2D eigenvalue weighted by Crippen LogP contribution is -2.20. The summed E-state index contributed by atoms with van der Waals surface area (Å²) in [6, 6.07) is 9.71. The molecular formula is C15H19N3O. The highest BCUT2D eigenvalue weighted by Gasteiger charge is 2.18. The minimum absolute atomic E-state index is 0.00212. The fourth-order valence-electron chi connectivity index (χ4n) is 2.00. The Morgan fingerprint density at radius 2 is 2.00 bits per heavy atom. The van der Waals surface area contributed by atoms with Crippen molar-refractivity contribution in [1.29, 1.82) is 0 Å². The van der Waals surface area contributed by atoms with Crippen LogP contribution >= 0.6 is 0 Å². The Morgan fingerprint density at radius 1 is 1.26 bits per heavy atom. The van der Waals surface area contributed by atoms with Gasteiger partial charge in [-0.1, -0.05) is 39.0 Å². The van der Waals surface area contributed by atoms with Gasteiger partial charge in [0.2, 0.25) is 5.91 Å².